The summed E-state index contributed by atoms with van der Waals surface area (Å²) < 4.78 is 11.2. The van der Waals surface area contributed by atoms with E-state index in [1.54, 1.807) is 0 Å². The van der Waals surface area contributed by atoms with Crippen LogP contribution in [-0.4, -0.2) is 98.7 Å². The molecule has 1 heterocycles. The molecule has 10 heteroatoms. The number of nitrogens with one attached hydrogen (secondary N) is 1. The summed E-state index contributed by atoms with van der Waals surface area (Å²) >= 11 is 0. The molecular formula is C46H89NO9. The standard InChI is InChI=1S/C46H89NO9/c1-3-5-7-9-11-13-15-17-18-19-20-21-23-25-27-29-31-33-35-40(50)45(54)47-38(37-55-46-44(53)43(52)42(51)41(36-48)56-46)39(49)34-32-30-28-26-24-22-16-14-12-10-8-6-4-2/h24,26,38-44,46,48-53H,3-23,25,27-37H2,1-2H3,(H,47,54)/b26-24-/t38-,39+,40+,41+,42+,43?,44?,46+/m0/s1. The first-order valence-corrected chi connectivity index (χ1v) is 23.5. The van der Waals surface area contributed by atoms with E-state index in [1.807, 2.05) is 0 Å². The Kier molecular flexibility index (Phi) is 34.9. The number of ether oxygens (including phenoxy) is 2. The predicted octanol–water partition coefficient (Wildman–Crippen LogP) is 8.70. The topological polar surface area (TPSA) is 169 Å². The molecule has 1 fully saturated rings. The summed E-state index contributed by atoms with van der Waals surface area (Å²) in [6.45, 7) is 3.65. The van der Waals surface area contributed by atoms with Crippen LogP contribution in [0, 0.1) is 0 Å². The number of hydrogen-bond donors (Lipinski definition) is 7. The summed E-state index contributed by atoms with van der Waals surface area (Å²) in [4.78, 5) is 13.0. The van der Waals surface area contributed by atoms with Gasteiger partial charge < -0.3 is 45.4 Å². The molecule has 0 radical (unpaired) electrons. The van der Waals surface area contributed by atoms with Crippen molar-refractivity contribution >= 4 is 5.91 Å². The number of amides is 1. The van der Waals surface area contributed by atoms with Crippen molar-refractivity contribution in [2.45, 2.75) is 262 Å². The largest absolute Gasteiger partial charge is 0.394 e. The van der Waals surface area contributed by atoms with Crippen LogP contribution in [0.15, 0.2) is 12.2 Å². The zero-order valence-corrected chi connectivity index (χ0v) is 36.0. The molecule has 0 aromatic carbocycles. The average Bonchev–Trinajstić information content (AvgIpc) is 3.20. The number of allylic oxidation sites excluding steroid dienone is 2. The quantitative estimate of drug-likeness (QED) is 0.0238. The lowest BCUT2D eigenvalue weighted by Crippen LogP contribution is -2.60. The summed E-state index contributed by atoms with van der Waals surface area (Å²) in [5.74, 6) is -0.591. The third-order valence-corrected chi connectivity index (χ3v) is 11.5. The van der Waals surface area contributed by atoms with Gasteiger partial charge in [0.25, 0.3) is 0 Å². The maximum absolute atomic E-state index is 13.0. The molecule has 0 spiro atoms. The van der Waals surface area contributed by atoms with Crippen molar-refractivity contribution < 1.29 is 44.9 Å². The molecule has 332 valence electrons. The molecule has 1 amide bonds. The van der Waals surface area contributed by atoms with Gasteiger partial charge in [-0.05, 0) is 38.5 Å². The lowest BCUT2D eigenvalue weighted by atomic mass is 9.99. The van der Waals surface area contributed by atoms with Crippen LogP contribution in [0.25, 0.3) is 0 Å². The predicted molar refractivity (Wildman–Crippen MR) is 227 cm³/mol. The molecule has 0 aliphatic carbocycles. The highest BCUT2D eigenvalue weighted by Crippen LogP contribution is 2.23. The third kappa shape index (κ3) is 26.8. The Hall–Kier alpha value is -1.11. The van der Waals surface area contributed by atoms with Crippen LogP contribution < -0.4 is 5.32 Å². The Balaban J connectivity index is 2.37. The molecule has 8 atom stereocenters. The third-order valence-electron chi connectivity index (χ3n) is 11.5. The first-order valence-electron chi connectivity index (χ1n) is 23.5. The van der Waals surface area contributed by atoms with Crippen LogP contribution in [0.1, 0.15) is 213 Å². The fraction of sp³-hybridized carbons (Fsp3) is 0.935. The minimum absolute atomic E-state index is 0.264. The molecule has 1 aliphatic rings. The molecule has 56 heavy (non-hydrogen) atoms. The van der Waals surface area contributed by atoms with E-state index >= 15 is 0 Å². The summed E-state index contributed by atoms with van der Waals surface area (Å²) in [5.41, 5.74) is 0. The normalized spacial score (nSPS) is 21.8. The fourth-order valence-corrected chi connectivity index (χ4v) is 7.57. The van der Waals surface area contributed by atoms with Gasteiger partial charge in [0.15, 0.2) is 6.29 Å². The molecule has 1 rings (SSSR count). The van der Waals surface area contributed by atoms with Crippen molar-refractivity contribution in [2.75, 3.05) is 13.2 Å². The number of aliphatic hydroxyl groups excluding tert-OH is 6. The van der Waals surface area contributed by atoms with Gasteiger partial charge in [-0.1, -0.05) is 187 Å². The number of carbonyl (C=O) groups is 1. The van der Waals surface area contributed by atoms with Gasteiger partial charge in [-0.2, -0.15) is 0 Å². The zero-order valence-electron chi connectivity index (χ0n) is 36.0. The van der Waals surface area contributed by atoms with Crippen molar-refractivity contribution in [3.8, 4) is 0 Å². The van der Waals surface area contributed by atoms with E-state index in [9.17, 15) is 35.4 Å². The maximum Gasteiger partial charge on any atom is 0.249 e. The van der Waals surface area contributed by atoms with Gasteiger partial charge in [-0.15, -0.1) is 0 Å². The van der Waals surface area contributed by atoms with Crippen LogP contribution in [0.3, 0.4) is 0 Å². The highest BCUT2D eigenvalue weighted by Gasteiger charge is 2.44. The highest BCUT2D eigenvalue weighted by molar-refractivity contribution is 5.80. The molecule has 0 saturated carbocycles. The van der Waals surface area contributed by atoms with Crippen molar-refractivity contribution in [1.29, 1.82) is 0 Å². The highest BCUT2D eigenvalue weighted by atomic mass is 16.7. The minimum Gasteiger partial charge on any atom is -0.394 e. The number of unbranched alkanes of at least 4 members (excludes halogenated alkanes) is 26. The molecular weight excluding hydrogens is 711 g/mol. The molecule has 1 saturated heterocycles. The summed E-state index contributed by atoms with van der Waals surface area (Å²) in [5, 5.41) is 64.8. The summed E-state index contributed by atoms with van der Waals surface area (Å²) in [6, 6.07) is -0.905. The Bertz CT molecular complexity index is 906. The second-order valence-electron chi connectivity index (χ2n) is 16.7. The van der Waals surface area contributed by atoms with Crippen molar-refractivity contribution in [2.24, 2.45) is 0 Å². The summed E-state index contributed by atoms with van der Waals surface area (Å²) in [6.07, 6.45) is 31.2. The van der Waals surface area contributed by atoms with Gasteiger partial charge in [0.2, 0.25) is 5.91 Å². The van der Waals surface area contributed by atoms with Crippen LogP contribution in [0.2, 0.25) is 0 Å². The monoisotopic (exact) mass is 800 g/mol. The van der Waals surface area contributed by atoms with Crippen LogP contribution in [-0.2, 0) is 14.3 Å². The number of aliphatic hydroxyl groups is 6. The number of carbonyl (C=O) groups excluding carboxylic acids is 1. The molecule has 1 aliphatic heterocycles. The SMILES string of the molecule is CCCCCCCCC/C=C\CCCC[C@@H](O)[C@H](CO[C@@H]1O[C@H](CO)[C@@H](O)C(O)C1O)NC(=O)[C@H](O)CCCCCCCCCCCCCCCCCCCC. The fourth-order valence-electron chi connectivity index (χ4n) is 7.57. The zero-order chi connectivity index (χ0) is 41.1. The van der Waals surface area contributed by atoms with E-state index in [0.29, 0.717) is 12.8 Å². The Morgan fingerprint density at radius 1 is 0.589 bits per heavy atom. The maximum atomic E-state index is 13.0. The van der Waals surface area contributed by atoms with E-state index in [2.05, 4.69) is 31.3 Å². The van der Waals surface area contributed by atoms with Crippen molar-refractivity contribution in [3.63, 3.8) is 0 Å². The lowest BCUT2D eigenvalue weighted by Gasteiger charge is -2.40. The van der Waals surface area contributed by atoms with Gasteiger partial charge in [-0.3, -0.25) is 4.79 Å². The van der Waals surface area contributed by atoms with Gasteiger partial charge in [-0.25, -0.2) is 0 Å². The van der Waals surface area contributed by atoms with Crippen LogP contribution in [0.5, 0.6) is 0 Å². The molecule has 0 bridgehead atoms. The van der Waals surface area contributed by atoms with E-state index in [4.69, 9.17) is 9.47 Å². The first kappa shape index (κ1) is 52.9. The molecule has 7 N–H and O–H groups in total. The van der Waals surface area contributed by atoms with Crippen LogP contribution >= 0.6 is 0 Å². The van der Waals surface area contributed by atoms with Gasteiger partial charge in [0, 0.05) is 0 Å². The van der Waals surface area contributed by atoms with E-state index in [0.717, 1.165) is 44.9 Å². The van der Waals surface area contributed by atoms with E-state index < -0.39 is 61.5 Å². The molecule has 0 aromatic rings. The van der Waals surface area contributed by atoms with Crippen molar-refractivity contribution in [1.82, 2.24) is 5.32 Å². The molecule has 2 unspecified atom stereocenters. The van der Waals surface area contributed by atoms with Gasteiger partial charge in [0.05, 0.1) is 25.4 Å². The smallest absolute Gasteiger partial charge is 0.249 e. The minimum atomic E-state index is -1.60. The number of hydrogen-bond acceptors (Lipinski definition) is 9. The van der Waals surface area contributed by atoms with Crippen molar-refractivity contribution in [3.05, 3.63) is 12.2 Å². The van der Waals surface area contributed by atoms with E-state index in [1.165, 1.54) is 141 Å². The molecule has 10 nitrogen and oxygen atoms in total. The number of rotatable bonds is 39. The van der Waals surface area contributed by atoms with Crippen LogP contribution in [0.4, 0.5) is 0 Å². The second-order valence-corrected chi connectivity index (χ2v) is 16.7. The summed E-state index contributed by atoms with van der Waals surface area (Å²) in [7, 11) is 0. The van der Waals surface area contributed by atoms with Gasteiger partial charge in [0.1, 0.15) is 30.5 Å². The average molecular weight is 800 g/mol. The van der Waals surface area contributed by atoms with E-state index in [-0.39, 0.29) is 6.61 Å². The Labute approximate surface area is 342 Å². The molecule has 0 aromatic heterocycles. The first-order chi connectivity index (χ1) is 27.3. The Morgan fingerprint density at radius 3 is 1.46 bits per heavy atom. The lowest BCUT2D eigenvalue weighted by molar-refractivity contribution is -0.302. The Morgan fingerprint density at radius 2 is 1.00 bits per heavy atom. The second kappa shape index (κ2) is 36.9. The van der Waals surface area contributed by atoms with Gasteiger partial charge >= 0.3 is 0 Å².